The third-order valence-corrected chi connectivity index (χ3v) is 4.84. The van der Waals surface area contributed by atoms with Gasteiger partial charge in [0.25, 0.3) is 0 Å². The van der Waals surface area contributed by atoms with E-state index in [0.717, 1.165) is 61.3 Å². The Labute approximate surface area is 142 Å². The van der Waals surface area contributed by atoms with Gasteiger partial charge in [-0.2, -0.15) is 0 Å². The van der Waals surface area contributed by atoms with Crippen molar-refractivity contribution < 1.29 is 9.47 Å². The second-order valence-corrected chi connectivity index (χ2v) is 6.52. The molecule has 1 saturated heterocycles. The number of aromatic nitrogens is 2. The summed E-state index contributed by atoms with van der Waals surface area (Å²) < 4.78 is 11.3. The number of ether oxygens (including phenoxy) is 2. The highest BCUT2D eigenvalue weighted by molar-refractivity contribution is 5.51. The number of fused-ring (bicyclic) bond motifs is 2. The molecular formula is C19H23N3O2. The Bertz CT molecular complexity index is 699. The Morgan fingerprint density at radius 2 is 2.17 bits per heavy atom. The lowest BCUT2D eigenvalue weighted by atomic mass is 10.0. The summed E-state index contributed by atoms with van der Waals surface area (Å²) in [4.78, 5) is 8.90. The highest BCUT2D eigenvalue weighted by Crippen LogP contribution is 2.30. The number of hydrogen-bond acceptors (Lipinski definition) is 5. The van der Waals surface area contributed by atoms with Crippen LogP contribution in [0.4, 0.5) is 5.82 Å². The van der Waals surface area contributed by atoms with Gasteiger partial charge in [-0.3, -0.25) is 0 Å². The van der Waals surface area contributed by atoms with E-state index >= 15 is 0 Å². The average molecular weight is 325 g/mol. The van der Waals surface area contributed by atoms with Crippen molar-refractivity contribution in [2.24, 2.45) is 5.92 Å². The third-order valence-electron chi connectivity index (χ3n) is 4.84. The van der Waals surface area contributed by atoms with Gasteiger partial charge in [0.2, 0.25) is 0 Å². The molecule has 4 rings (SSSR count). The summed E-state index contributed by atoms with van der Waals surface area (Å²) in [5.74, 6) is 2.63. The summed E-state index contributed by atoms with van der Waals surface area (Å²) in [5, 5.41) is 3.51. The van der Waals surface area contributed by atoms with E-state index in [-0.39, 0.29) is 0 Å². The molecule has 0 unspecified atom stereocenters. The smallest absolute Gasteiger partial charge is 0.133 e. The molecule has 24 heavy (non-hydrogen) atoms. The van der Waals surface area contributed by atoms with E-state index in [0.29, 0.717) is 6.61 Å². The number of nitrogens with one attached hydrogen (secondary N) is 1. The minimum absolute atomic E-state index is 0.503. The molecule has 2 aliphatic heterocycles. The van der Waals surface area contributed by atoms with Gasteiger partial charge in [-0.05, 0) is 36.8 Å². The Morgan fingerprint density at radius 3 is 3.08 bits per heavy atom. The number of nitrogens with zero attached hydrogens (tertiary/aromatic N) is 2. The number of anilines is 1. The number of hydrogen-bond donors (Lipinski definition) is 1. The van der Waals surface area contributed by atoms with Gasteiger partial charge in [0.15, 0.2) is 0 Å². The lowest BCUT2D eigenvalue weighted by Crippen LogP contribution is -2.11. The SMILES string of the molecule is c1ccc2c(c1)Cc1c(ncnc1NCCC[C@H]1CCOC1)CO2. The second-order valence-electron chi connectivity index (χ2n) is 6.52. The molecule has 0 radical (unpaired) electrons. The zero-order chi connectivity index (χ0) is 16.2. The van der Waals surface area contributed by atoms with Crippen LogP contribution in [0.5, 0.6) is 5.75 Å². The van der Waals surface area contributed by atoms with Gasteiger partial charge in [0, 0.05) is 31.7 Å². The quantitative estimate of drug-likeness (QED) is 0.856. The summed E-state index contributed by atoms with van der Waals surface area (Å²) >= 11 is 0. The Balaban J connectivity index is 1.43. The minimum atomic E-state index is 0.503. The van der Waals surface area contributed by atoms with E-state index in [1.54, 1.807) is 6.33 Å². The molecule has 2 aliphatic rings. The molecule has 1 fully saturated rings. The maximum Gasteiger partial charge on any atom is 0.133 e. The fraction of sp³-hybridized carbons (Fsp3) is 0.474. The highest BCUT2D eigenvalue weighted by Gasteiger charge is 2.19. The van der Waals surface area contributed by atoms with E-state index in [1.165, 1.54) is 18.4 Å². The van der Waals surface area contributed by atoms with Gasteiger partial charge >= 0.3 is 0 Å². The van der Waals surface area contributed by atoms with Crippen molar-refractivity contribution in [1.82, 2.24) is 9.97 Å². The van der Waals surface area contributed by atoms with Gasteiger partial charge in [-0.15, -0.1) is 0 Å². The van der Waals surface area contributed by atoms with E-state index in [9.17, 15) is 0 Å². The zero-order valence-electron chi connectivity index (χ0n) is 13.8. The zero-order valence-corrected chi connectivity index (χ0v) is 13.8. The molecule has 1 aromatic carbocycles. The van der Waals surface area contributed by atoms with Gasteiger partial charge in [0.05, 0.1) is 5.69 Å². The van der Waals surface area contributed by atoms with Crippen LogP contribution in [0, 0.1) is 5.92 Å². The van der Waals surface area contributed by atoms with Crippen molar-refractivity contribution in [3.8, 4) is 5.75 Å². The van der Waals surface area contributed by atoms with Crippen LogP contribution in [0.1, 0.15) is 36.1 Å². The molecule has 0 saturated carbocycles. The van der Waals surface area contributed by atoms with E-state index in [4.69, 9.17) is 9.47 Å². The fourth-order valence-electron chi connectivity index (χ4n) is 3.45. The van der Waals surface area contributed by atoms with Crippen molar-refractivity contribution in [3.05, 3.63) is 47.4 Å². The first-order chi connectivity index (χ1) is 11.9. The van der Waals surface area contributed by atoms with Crippen LogP contribution in [-0.2, 0) is 17.8 Å². The van der Waals surface area contributed by atoms with Crippen molar-refractivity contribution >= 4 is 5.82 Å². The molecule has 0 spiro atoms. The van der Waals surface area contributed by atoms with Crippen LogP contribution in [-0.4, -0.2) is 29.7 Å². The molecule has 1 N–H and O–H groups in total. The summed E-state index contributed by atoms with van der Waals surface area (Å²) in [7, 11) is 0. The van der Waals surface area contributed by atoms with Crippen molar-refractivity contribution in [2.75, 3.05) is 25.1 Å². The first kappa shape index (κ1) is 15.4. The molecule has 0 bridgehead atoms. The van der Waals surface area contributed by atoms with Gasteiger partial charge < -0.3 is 14.8 Å². The van der Waals surface area contributed by atoms with Crippen LogP contribution in [0.3, 0.4) is 0 Å². The summed E-state index contributed by atoms with van der Waals surface area (Å²) in [6.45, 7) is 3.29. The molecule has 1 aromatic heterocycles. The first-order valence-corrected chi connectivity index (χ1v) is 8.75. The topological polar surface area (TPSA) is 56.3 Å². The van der Waals surface area contributed by atoms with Crippen LogP contribution < -0.4 is 10.1 Å². The van der Waals surface area contributed by atoms with E-state index in [1.807, 2.05) is 18.2 Å². The van der Waals surface area contributed by atoms with Crippen LogP contribution in [0.25, 0.3) is 0 Å². The second kappa shape index (κ2) is 7.18. The molecule has 126 valence electrons. The summed E-state index contributed by atoms with van der Waals surface area (Å²) in [5.41, 5.74) is 3.33. The summed E-state index contributed by atoms with van der Waals surface area (Å²) in [6.07, 6.45) is 6.00. The number of rotatable bonds is 5. The maximum atomic E-state index is 5.89. The standard InChI is InChI=1S/C19H23N3O2/c1-2-6-18-15(5-1)10-16-17(12-24-18)21-13-22-19(16)20-8-3-4-14-7-9-23-11-14/h1-2,5-6,13-14H,3-4,7-12H2,(H,20,21,22)/t14-/m0/s1. The molecule has 5 heteroatoms. The maximum absolute atomic E-state index is 5.89. The molecule has 1 atom stereocenters. The Morgan fingerprint density at radius 1 is 1.21 bits per heavy atom. The Kier molecular flexibility index (Phi) is 4.60. The van der Waals surface area contributed by atoms with Crippen molar-refractivity contribution in [2.45, 2.75) is 32.3 Å². The van der Waals surface area contributed by atoms with Gasteiger partial charge in [-0.1, -0.05) is 18.2 Å². The minimum Gasteiger partial charge on any atom is -0.487 e. The fourth-order valence-corrected chi connectivity index (χ4v) is 3.45. The van der Waals surface area contributed by atoms with Crippen LogP contribution in [0.2, 0.25) is 0 Å². The van der Waals surface area contributed by atoms with Crippen molar-refractivity contribution in [3.63, 3.8) is 0 Å². The van der Waals surface area contributed by atoms with E-state index in [2.05, 4.69) is 21.4 Å². The molecule has 5 nitrogen and oxygen atoms in total. The molecule has 3 heterocycles. The Hall–Kier alpha value is -2.14. The lowest BCUT2D eigenvalue weighted by Gasteiger charge is -2.13. The predicted molar refractivity (Wildman–Crippen MR) is 92.3 cm³/mol. The lowest BCUT2D eigenvalue weighted by molar-refractivity contribution is 0.184. The summed E-state index contributed by atoms with van der Waals surface area (Å²) in [6, 6.07) is 8.19. The first-order valence-electron chi connectivity index (χ1n) is 8.75. The van der Waals surface area contributed by atoms with Crippen molar-refractivity contribution in [1.29, 1.82) is 0 Å². The molecular weight excluding hydrogens is 302 g/mol. The number of para-hydroxylation sites is 1. The normalized spacial score (nSPS) is 19.1. The van der Waals surface area contributed by atoms with Crippen LogP contribution >= 0.6 is 0 Å². The number of benzene rings is 1. The molecule has 0 amide bonds. The van der Waals surface area contributed by atoms with Crippen LogP contribution in [0.15, 0.2) is 30.6 Å². The molecule has 2 aromatic rings. The van der Waals surface area contributed by atoms with Gasteiger partial charge in [0.1, 0.15) is 24.5 Å². The largest absolute Gasteiger partial charge is 0.487 e. The van der Waals surface area contributed by atoms with E-state index < -0.39 is 0 Å². The van der Waals surface area contributed by atoms with Gasteiger partial charge in [-0.25, -0.2) is 9.97 Å². The predicted octanol–water partition coefficient (Wildman–Crippen LogP) is 3.19. The average Bonchev–Trinajstić information content (AvgIpc) is 3.05. The molecule has 0 aliphatic carbocycles. The monoisotopic (exact) mass is 325 g/mol. The third kappa shape index (κ3) is 3.36. The highest BCUT2D eigenvalue weighted by atomic mass is 16.5.